The molecule has 0 radical (unpaired) electrons. The molecule has 0 spiro atoms. The van der Waals surface area contributed by atoms with Crippen LogP contribution >= 0.6 is 11.3 Å². The van der Waals surface area contributed by atoms with Gasteiger partial charge in [0, 0.05) is 42.2 Å². The van der Waals surface area contributed by atoms with Crippen molar-refractivity contribution in [2.75, 3.05) is 51.3 Å². The lowest BCUT2D eigenvalue weighted by Crippen LogP contribution is -2.45. The number of alkyl halides is 1. The molecule has 1 saturated carbocycles. The van der Waals surface area contributed by atoms with Gasteiger partial charge < -0.3 is 25.2 Å². The molecule has 2 aromatic rings. The lowest BCUT2D eigenvalue weighted by atomic mass is 9.80. The Morgan fingerprint density at radius 3 is 2.60 bits per heavy atom. The lowest BCUT2D eigenvalue weighted by molar-refractivity contribution is -0.138. The number of halogens is 1. The number of nitrogens with zero attached hydrogens (tertiary/aromatic N) is 4. The summed E-state index contributed by atoms with van der Waals surface area (Å²) >= 11 is 1.64. The van der Waals surface area contributed by atoms with Crippen molar-refractivity contribution < 1.29 is 23.5 Å². The summed E-state index contributed by atoms with van der Waals surface area (Å²) in [5, 5.41) is 0.960. The number of thiazole rings is 1. The van der Waals surface area contributed by atoms with Crippen molar-refractivity contribution in [3.05, 3.63) is 34.2 Å². The molecule has 214 valence electrons. The van der Waals surface area contributed by atoms with Crippen LogP contribution in [0.4, 0.5) is 9.52 Å². The zero-order chi connectivity index (χ0) is 28.1. The molecule has 1 aliphatic carbocycles. The molecule has 4 aliphatic rings. The van der Waals surface area contributed by atoms with Crippen LogP contribution in [-0.2, 0) is 14.3 Å². The summed E-state index contributed by atoms with van der Waals surface area (Å²) in [4.78, 5) is 51.6. The molecular weight excluding hydrogens is 533 g/mol. The Hall–Kier alpha value is -2.89. The van der Waals surface area contributed by atoms with Gasteiger partial charge in [0.25, 0.3) is 0 Å². The average Bonchev–Trinajstić information content (AvgIpc) is 3.72. The van der Waals surface area contributed by atoms with Crippen LogP contribution in [0.15, 0.2) is 18.2 Å². The Bertz CT molecular complexity index is 1320. The van der Waals surface area contributed by atoms with Crippen LogP contribution in [0.3, 0.4) is 0 Å². The number of hydrogen-bond donors (Lipinski definition) is 1. The van der Waals surface area contributed by atoms with E-state index in [0.29, 0.717) is 5.56 Å². The number of piperazine rings is 1. The standard InChI is InChI=1S/C29H36FN5O4S/c1-16-24(32-29(40-16)34-11-9-33(2)10-12-34)18-7-8-19(27(31)37)20(13-18)23(17-5-3-4-6-17)28(38)35-14-21(30)26-25(35)22(36)15-39-26/h7-8,13,17,21,23,25-26H,3-6,9-12,14-15H2,1-2H3,(H2,31,37)/t21-,23-,25+,26+/m0/s1. The Kier molecular flexibility index (Phi) is 7.39. The number of ether oxygens (including phenoxy) is 1. The van der Waals surface area contributed by atoms with E-state index in [2.05, 4.69) is 16.8 Å². The SMILES string of the molecule is Cc1sc(N2CCN(C)CC2)nc1-c1ccc(C(N)=O)c([C@@H](C(=O)N2C[C@H](F)[C@H]3OCC(=O)[C@H]32)C2CCCC2)c1. The van der Waals surface area contributed by atoms with Gasteiger partial charge in [-0.05, 0) is 50.4 Å². The molecule has 1 aromatic heterocycles. The third-order valence-corrected chi connectivity index (χ3v) is 10.1. The second-order valence-electron chi connectivity index (χ2n) is 11.6. The molecule has 0 unspecified atom stereocenters. The molecule has 4 fully saturated rings. The van der Waals surface area contributed by atoms with Gasteiger partial charge in [-0.15, -0.1) is 11.3 Å². The number of Topliss-reactive ketones (excluding diaryl/α,β-unsaturated/α-hetero) is 1. The number of carbonyl (C=O) groups excluding carboxylic acids is 3. The van der Waals surface area contributed by atoms with E-state index in [1.165, 1.54) is 4.90 Å². The van der Waals surface area contributed by atoms with Crippen LogP contribution in [0.2, 0.25) is 0 Å². The number of primary amides is 1. The highest BCUT2D eigenvalue weighted by atomic mass is 32.1. The number of nitrogens with two attached hydrogens (primary N) is 1. The number of hydrogen-bond acceptors (Lipinski definition) is 8. The Labute approximate surface area is 237 Å². The fourth-order valence-corrected chi connectivity index (χ4v) is 7.84. The molecule has 2 amide bonds. The molecule has 3 saturated heterocycles. The topological polar surface area (TPSA) is 109 Å². The Morgan fingerprint density at radius 2 is 1.90 bits per heavy atom. The van der Waals surface area contributed by atoms with E-state index in [4.69, 9.17) is 15.5 Å². The van der Waals surface area contributed by atoms with Crippen molar-refractivity contribution in [3.8, 4) is 11.3 Å². The van der Waals surface area contributed by atoms with Gasteiger partial charge in [-0.2, -0.15) is 0 Å². The van der Waals surface area contributed by atoms with Gasteiger partial charge in [-0.3, -0.25) is 14.4 Å². The van der Waals surface area contributed by atoms with Crippen LogP contribution < -0.4 is 10.6 Å². The Morgan fingerprint density at radius 1 is 1.18 bits per heavy atom. The fraction of sp³-hybridized carbons (Fsp3) is 0.586. The third-order valence-electron chi connectivity index (χ3n) is 9.03. The zero-order valence-corrected chi connectivity index (χ0v) is 23.8. The highest BCUT2D eigenvalue weighted by molar-refractivity contribution is 7.16. The minimum Gasteiger partial charge on any atom is -0.366 e. The summed E-state index contributed by atoms with van der Waals surface area (Å²) in [6.07, 6.45) is 1.23. The molecule has 2 N–H and O–H groups in total. The molecule has 0 bridgehead atoms. The summed E-state index contributed by atoms with van der Waals surface area (Å²) in [7, 11) is 2.12. The third kappa shape index (κ3) is 4.81. The fourth-order valence-electron chi connectivity index (χ4n) is 6.86. The quantitative estimate of drug-likeness (QED) is 0.570. The molecule has 6 rings (SSSR count). The smallest absolute Gasteiger partial charge is 0.249 e. The molecule has 11 heteroatoms. The summed E-state index contributed by atoms with van der Waals surface area (Å²) in [6.45, 7) is 5.42. The van der Waals surface area contributed by atoms with Crippen LogP contribution in [0.25, 0.3) is 11.3 Å². The van der Waals surface area contributed by atoms with Gasteiger partial charge in [0.05, 0.1) is 18.2 Å². The molecule has 3 aliphatic heterocycles. The van der Waals surface area contributed by atoms with Crippen molar-refractivity contribution in [2.45, 2.75) is 56.8 Å². The van der Waals surface area contributed by atoms with Gasteiger partial charge in [0.15, 0.2) is 10.9 Å². The highest BCUT2D eigenvalue weighted by Crippen LogP contribution is 2.43. The van der Waals surface area contributed by atoms with Crippen LogP contribution in [0.5, 0.6) is 0 Å². The van der Waals surface area contributed by atoms with Crippen LogP contribution in [0, 0.1) is 12.8 Å². The highest BCUT2D eigenvalue weighted by Gasteiger charge is 2.54. The predicted octanol–water partition coefficient (Wildman–Crippen LogP) is 2.76. The number of carbonyl (C=O) groups is 3. The number of likely N-dealkylation sites (tertiary alicyclic amines) is 1. The monoisotopic (exact) mass is 569 g/mol. The molecule has 4 atom stereocenters. The van der Waals surface area contributed by atoms with Crippen molar-refractivity contribution >= 4 is 34.1 Å². The van der Waals surface area contributed by atoms with Crippen molar-refractivity contribution in [2.24, 2.45) is 11.7 Å². The number of aryl methyl sites for hydroxylation is 1. The summed E-state index contributed by atoms with van der Waals surface area (Å²) < 4.78 is 20.3. The van der Waals surface area contributed by atoms with E-state index in [9.17, 15) is 18.8 Å². The number of likely N-dealkylation sites (N-methyl/N-ethyl adjacent to an activating group) is 1. The molecular formula is C29H36FN5O4S. The van der Waals surface area contributed by atoms with E-state index >= 15 is 0 Å². The maximum atomic E-state index is 14.9. The number of ketones is 1. The second-order valence-corrected chi connectivity index (χ2v) is 12.8. The number of aromatic nitrogens is 1. The number of benzene rings is 1. The van der Waals surface area contributed by atoms with Gasteiger partial charge >= 0.3 is 0 Å². The number of amides is 2. The Balaban J connectivity index is 1.39. The normalized spacial score (nSPS) is 26.5. The van der Waals surface area contributed by atoms with E-state index in [0.717, 1.165) is 73.1 Å². The molecule has 1 aromatic carbocycles. The van der Waals surface area contributed by atoms with Gasteiger partial charge in [0.1, 0.15) is 24.9 Å². The van der Waals surface area contributed by atoms with Gasteiger partial charge in [0.2, 0.25) is 11.8 Å². The van der Waals surface area contributed by atoms with E-state index in [1.807, 2.05) is 19.1 Å². The minimum absolute atomic E-state index is 0.0344. The minimum atomic E-state index is -1.42. The first-order chi connectivity index (χ1) is 19.2. The van der Waals surface area contributed by atoms with E-state index in [1.54, 1.807) is 17.4 Å². The maximum Gasteiger partial charge on any atom is 0.249 e. The van der Waals surface area contributed by atoms with Crippen molar-refractivity contribution in [3.63, 3.8) is 0 Å². The lowest BCUT2D eigenvalue weighted by Gasteiger charge is -2.32. The summed E-state index contributed by atoms with van der Waals surface area (Å²) in [5.41, 5.74) is 8.30. The first kappa shape index (κ1) is 27.3. The molecule has 4 heterocycles. The number of anilines is 1. The molecule has 9 nitrogen and oxygen atoms in total. The van der Waals surface area contributed by atoms with E-state index < -0.39 is 30.1 Å². The van der Waals surface area contributed by atoms with Crippen LogP contribution in [-0.4, -0.2) is 97.1 Å². The summed E-state index contributed by atoms with van der Waals surface area (Å²) in [5.74, 6) is -1.96. The van der Waals surface area contributed by atoms with Gasteiger partial charge in [-0.25, -0.2) is 9.37 Å². The van der Waals surface area contributed by atoms with E-state index in [-0.39, 0.29) is 36.3 Å². The average molecular weight is 570 g/mol. The van der Waals surface area contributed by atoms with Crippen molar-refractivity contribution in [1.82, 2.24) is 14.8 Å². The summed E-state index contributed by atoms with van der Waals surface area (Å²) in [6, 6.07) is 4.49. The zero-order valence-electron chi connectivity index (χ0n) is 23.0. The first-order valence-electron chi connectivity index (χ1n) is 14.2. The molecule has 40 heavy (non-hydrogen) atoms. The predicted molar refractivity (Wildman–Crippen MR) is 150 cm³/mol. The maximum absolute atomic E-state index is 14.9. The number of rotatable bonds is 6. The second kappa shape index (κ2) is 10.8. The van der Waals surface area contributed by atoms with Crippen molar-refractivity contribution in [1.29, 1.82) is 0 Å². The first-order valence-corrected chi connectivity index (χ1v) is 15.0. The number of fused-ring (bicyclic) bond motifs is 1. The van der Waals surface area contributed by atoms with Crippen LogP contribution in [0.1, 0.15) is 52.4 Å². The largest absolute Gasteiger partial charge is 0.366 e. The van der Waals surface area contributed by atoms with Gasteiger partial charge in [-0.1, -0.05) is 18.9 Å².